The van der Waals surface area contributed by atoms with E-state index < -0.39 is 11.2 Å². The topological polar surface area (TPSA) is 49.8 Å². The van der Waals surface area contributed by atoms with Crippen LogP contribution in [0, 0.1) is 0 Å². The van der Waals surface area contributed by atoms with Crippen molar-refractivity contribution in [2.45, 2.75) is 83.1 Å². The highest BCUT2D eigenvalue weighted by atomic mass is 16.6. The lowest BCUT2D eigenvalue weighted by atomic mass is 9.84. The fraction of sp³-hybridized carbons (Fsp3) is 0.929. The van der Waals surface area contributed by atoms with Crippen LogP contribution in [-0.2, 0) is 4.74 Å². The summed E-state index contributed by atoms with van der Waals surface area (Å²) in [6, 6.07) is 0.312. The van der Waals surface area contributed by atoms with E-state index in [4.69, 9.17) is 4.74 Å². The number of piperidine rings is 1. The molecule has 0 saturated carbocycles. The predicted molar refractivity (Wildman–Crippen MR) is 69.4 cm³/mol. The Morgan fingerprint density at radius 3 is 2.22 bits per heavy atom. The Bertz CT molecular complexity index is 320. The Labute approximate surface area is 109 Å². The van der Waals surface area contributed by atoms with E-state index in [0.717, 1.165) is 19.3 Å². The van der Waals surface area contributed by atoms with Crippen molar-refractivity contribution in [3.63, 3.8) is 0 Å². The first-order valence-corrected chi connectivity index (χ1v) is 6.98. The lowest BCUT2D eigenvalue weighted by molar-refractivity contribution is -0.0600. The first-order chi connectivity index (χ1) is 8.24. The molecule has 18 heavy (non-hydrogen) atoms. The summed E-state index contributed by atoms with van der Waals surface area (Å²) >= 11 is 0. The normalized spacial score (nSPS) is 35.7. The molecule has 0 aromatic carbocycles. The maximum Gasteiger partial charge on any atom is 0.410 e. The van der Waals surface area contributed by atoms with E-state index >= 15 is 0 Å². The predicted octanol–water partition coefficient (Wildman–Crippen LogP) is 2.69. The monoisotopic (exact) mass is 255 g/mol. The number of amides is 1. The number of rotatable bonds is 1. The van der Waals surface area contributed by atoms with Crippen LogP contribution in [-0.4, -0.2) is 39.4 Å². The van der Waals surface area contributed by atoms with Crippen molar-refractivity contribution in [3.8, 4) is 0 Å². The minimum absolute atomic E-state index is 0.156. The molecule has 0 aliphatic carbocycles. The van der Waals surface area contributed by atoms with Gasteiger partial charge < -0.3 is 14.7 Å². The molecule has 2 heterocycles. The Kier molecular flexibility index (Phi) is 3.34. The maximum absolute atomic E-state index is 12.2. The van der Waals surface area contributed by atoms with E-state index in [0.29, 0.717) is 12.8 Å². The third-order valence-electron chi connectivity index (χ3n) is 4.11. The van der Waals surface area contributed by atoms with Gasteiger partial charge in [-0.05, 0) is 52.9 Å². The SMILES string of the molecule is CCC1(O)CC2CCC(C1)N2C(=O)OC(C)(C)C. The lowest BCUT2D eigenvalue weighted by Crippen LogP contribution is -2.54. The number of hydrogen-bond donors (Lipinski definition) is 1. The maximum atomic E-state index is 12.2. The van der Waals surface area contributed by atoms with Crippen molar-refractivity contribution in [1.82, 2.24) is 4.90 Å². The van der Waals surface area contributed by atoms with E-state index in [1.54, 1.807) is 0 Å². The van der Waals surface area contributed by atoms with Gasteiger partial charge in [0.2, 0.25) is 0 Å². The average Bonchev–Trinajstić information content (AvgIpc) is 2.50. The number of fused-ring (bicyclic) bond motifs is 2. The molecule has 4 nitrogen and oxygen atoms in total. The second-order valence-electron chi connectivity index (χ2n) is 6.76. The summed E-state index contributed by atoms with van der Waals surface area (Å²) in [6.45, 7) is 7.68. The average molecular weight is 255 g/mol. The molecule has 2 fully saturated rings. The Morgan fingerprint density at radius 1 is 1.33 bits per heavy atom. The van der Waals surface area contributed by atoms with Gasteiger partial charge in [-0.2, -0.15) is 0 Å². The van der Waals surface area contributed by atoms with Crippen molar-refractivity contribution in [2.24, 2.45) is 0 Å². The summed E-state index contributed by atoms with van der Waals surface area (Å²) < 4.78 is 5.47. The smallest absolute Gasteiger partial charge is 0.410 e. The van der Waals surface area contributed by atoms with Crippen LogP contribution < -0.4 is 0 Å². The molecule has 0 aromatic rings. The minimum Gasteiger partial charge on any atom is -0.444 e. The van der Waals surface area contributed by atoms with Crippen LogP contribution in [0.4, 0.5) is 4.79 Å². The van der Waals surface area contributed by atoms with Crippen LogP contribution in [0.2, 0.25) is 0 Å². The van der Waals surface area contributed by atoms with Gasteiger partial charge in [-0.1, -0.05) is 6.92 Å². The molecule has 4 heteroatoms. The van der Waals surface area contributed by atoms with Gasteiger partial charge in [0.25, 0.3) is 0 Å². The summed E-state index contributed by atoms with van der Waals surface area (Å²) in [4.78, 5) is 14.1. The Hall–Kier alpha value is -0.770. The third-order valence-corrected chi connectivity index (χ3v) is 4.11. The molecule has 2 aliphatic rings. The van der Waals surface area contributed by atoms with Gasteiger partial charge >= 0.3 is 6.09 Å². The van der Waals surface area contributed by atoms with Gasteiger partial charge in [0, 0.05) is 12.1 Å². The molecular weight excluding hydrogens is 230 g/mol. The number of aliphatic hydroxyl groups is 1. The molecule has 104 valence electrons. The molecule has 0 spiro atoms. The number of carbonyl (C=O) groups excluding carboxylic acids is 1. The fourth-order valence-electron chi connectivity index (χ4n) is 3.22. The van der Waals surface area contributed by atoms with E-state index in [-0.39, 0.29) is 18.2 Å². The van der Waals surface area contributed by atoms with Crippen molar-refractivity contribution < 1.29 is 14.6 Å². The van der Waals surface area contributed by atoms with Crippen LogP contribution in [0.15, 0.2) is 0 Å². The number of hydrogen-bond acceptors (Lipinski definition) is 3. The summed E-state index contributed by atoms with van der Waals surface area (Å²) in [5.41, 5.74) is -1.03. The third kappa shape index (κ3) is 2.63. The van der Waals surface area contributed by atoms with Gasteiger partial charge in [-0.15, -0.1) is 0 Å². The standard InChI is InChI=1S/C14H25NO3/c1-5-14(17)8-10-6-7-11(9-14)15(10)12(16)18-13(2,3)4/h10-11,17H,5-9H2,1-4H3. The van der Waals surface area contributed by atoms with Crippen LogP contribution in [0.5, 0.6) is 0 Å². The number of carbonyl (C=O) groups is 1. The zero-order chi connectivity index (χ0) is 13.6. The summed E-state index contributed by atoms with van der Waals surface area (Å²) in [7, 11) is 0. The van der Waals surface area contributed by atoms with E-state index in [1.807, 2.05) is 32.6 Å². The fourth-order valence-corrected chi connectivity index (χ4v) is 3.22. The summed E-state index contributed by atoms with van der Waals surface area (Å²) in [5, 5.41) is 10.4. The van der Waals surface area contributed by atoms with Crippen LogP contribution >= 0.6 is 0 Å². The zero-order valence-corrected chi connectivity index (χ0v) is 11.9. The van der Waals surface area contributed by atoms with Gasteiger partial charge in [-0.25, -0.2) is 4.79 Å². The van der Waals surface area contributed by atoms with Crippen molar-refractivity contribution in [2.75, 3.05) is 0 Å². The highest BCUT2D eigenvalue weighted by Gasteiger charge is 2.49. The summed E-state index contributed by atoms with van der Waals surface area (Å²) in [6.07, 6.45) is 3.92. The quantitative estimate of drug-likeness (QED) is 0.783. The molecule has 1 N–H and O–H groups in total. The molecule has 2 rings (SSSR count). The van der Waals surface area contributed by atoms with Gasteiger partial charge in [-0.3, -0.25) is 0 Å². The van der Waals surface area contributed by atoms with Crippen molar-refractivity contribution in [3.05, 3.63) is 0 Å². The second kappa shape index (κ2) is 4.41. The zero-order valence-electron chi connectivity index (χ0n) is 11.9. The molecule has 2 saturated heterocycles. The van der Waals surface area contributed by atoms with Gasteiger partial charge in [0.15, 0.2) is 0 Å². The van der Waals surface area contributed by atoms with Crippen molar-refractivity contribution in [1.29, 1.82) is 0 Å². The largest absolute Gasteiger partial charge is 0.444 e. The van der Waals surface area contributed by atoms with Crippen molar-refractivity contribution >= 4 is 6.09 Å². The van der Waals surface area contributed by atoms with Gasteiger partial charge in [0.05, 0.1) is 5.60 Å². The Balaban J connectivity index is 2.07. The first kappa shape index (κ1) is 13.7. The second-order valence-corrected chi connectivity index (χ2v) is 6.76. The molecule has 1 amide bonds. The summed E-state index contributed by atoms with van der Waals surface area (Å²) in [5.74, 6) is 0. The molecule has 2 unspecified atom stereocenters. The van der Waals surface area contributed by atoms with E-state index in [2.05, 4.69) is 0 Å². The van der Waals surface area contributed by atoms with Crippen LogP contribution in [0.25, 0.3) is 0 Å². The Morgan fingerprint density at radius 2 is 1.83 bits per heavy atom. The minimum atomic E-state index is -0.579. The first-order valence-electron chi connectivity index (χ1n) is 6.98. The molecule has 2 aliphatic heterocycles. The van der Waals surface area contributed by atoms with E-state index in [9.17, 15) is 9.90 Å². The molecule has 2 bridgehead atoms. The number of nitrogens with zero attached hydrogens (tertiary/aromatic N) is 1. The van der Waals surface area contributed by atoms with Crippen LogP contribution in [0.1, 0.15) is 59.8 Å². The molecule has 2 atom stereocenters. The highest BCUT2D eigenvalue weighted by molar-refractivity contribution is 5.69. The van der Waals surface area contributed by atoms with E-state index in [1.165, 1.54) is 0 Å². The van der Waals surface area contributed by atoms with Crippen LogP contribution in [0.3, 0.4) is 0 Å². The molecule has 0 radical (unpaired) electrons. The van der Waals surface area contributed by atoms with Gasteiger partial charge in [0.1, 0.15) is 5.60 Å². The molecular formula is C14H25NO3. The lowest BCUT2D eigenvalue weighted by Gasteiger charge is -2.43. The molecule has 0 aromatic heterocycles. The highest BCUT2D eigenvalue weighted by Crippen LogP contribution is 2.42. The number of ether oxygens (including phenoxy) is 1.